The van der Waals surface area contributed by atoms with E-state index in [2.05, 4.69) is 4.74 Å². The number of hydrogen-bond acceptors (Lipinski definition) is 2. The minimum atomic E-state index is -3.15. The van der Waals surface area contributed by atoms with Gasteiger partial charge in [-0.15, -0.1) is 0 Å². The van der Waals surface area contributed by atoms with Crippen LogP contribution in [0, 0.1) is 12.7 Å². The molecule has 82 valence electrons. The second kappa shape index (κ2) is 4.33. The molecule has 0 N–H and O–H groups in total. The van der Waals surface area contributed by atoms with E-state index in [1.54, 1.807) is 0 Å². The van der Waals surface area contributed by atoms with Crippen molar-refractivity contribution in [3.05, 3.63) is 29.1 Å². The van der Waals surface area contributed by atoms with Crippen LogP contribution in [0.4, 0.5) is 13.2 Å². The topological polar surface area (TPSA) is 26.3 Å². The molecule has 0 heterocycles. The summed E-state index contributed by atoms with van der Waals surface area (Å²) in [5.41, 5.74) is -0.0333. The van der Waals surface area contributed by atoms with Crippen molar-refractivity contribution in [3.8, 4) is 5.75 Å². The summed E-state index contributed by atoms with van der Waals surface area (Å²) in [7, 11) is 0. The van der Waals surface area contributed by atoms with Gasteiger partial charge < -0.3 is 4.74 Å². The summed E-state index contributed by atoms with van der Waals surface area (Å²) in [6.45, 7) is -0.598. The molecule has 0 aliphatic carbocycles. The summed E-state index contributed by atoms with van der Waals surface area (Å²) in [5.74, 6) is -2.13. The molecule has 0 atom stereocenters. The van der Waals surface area contributed by atoms with E-state index in [9.17, 15) is 18.0 Å². The van der Waals surface area contributed by atoms with Crippen LogP contribution in [0.2, 0.25) is 0 Å². The monoisotopic (exact) mass is 218 g/mol. The Labute approximate surface area is 84.7 Å². The van der Waals surface area contributed by atoms with Gasteiger partial charge in [-0.3, -0.25) is 4.79 Å². The molecule has 0 bridgehead atoms. The fourth-order valence-electron chi connectivity index (χ4n) is 1.14. The molecule has 0 saturated carbocycles. The molecule has 5 heteroatoms. The quantitative estimate of drug-likeness (QED) is 0.729. The van der Waals surface area contributed by atoms with Crippen molar-refractivity contribution in [1.82, 2.24) is 0 Å². The highest BCUT2D eigenvalue weighted by molar-refractivity contribution is 5.97. The van der Waals surface area contributed by atoms with Gasteiger partial charge in [0.1, 0.15) is 0 Å². The number of ketones is 1. The average molecular weight is 218 g/mol. The van der Waals surface area contributed by atoms with Crippen LogP contribution in [0.15, 0.2) is 12.1 Å². The highest BCUT2D eigenvalue weighted by Gasteiger charge is 2.18. The van der Waals surface area contributed by atoms with Gasteiger partial charge in [0.05, 0.1) is 5.56 Å². The molecule has 1 aromatic rings. The summed E-state index contributed by atoms with van der Waals surface area (Å²) in [6.07, 6.45) is 0. The molecule has 15 heavy (non-hydrogen) atoms. The Hall–Kier alpha value is -1.52. The van der Waals surface area contributed by atoms with E-state index in [0.29, 0.717) is 0 Å². The average Bonchev–Trinajstić information content (AvgIpc) is 2.12. The Morgan fingerprint density at radius 1 is 1.40 bits per heavy atom. The van der Waals surface area contributed by atoms with Gasteiger partial charge in [0, 0.05) is 0 Å². The van der Waals surface area contributed by atoms with Crippen molar-refractivity contribution in [2.24, 2.45) is 0 Å². The third-order valence-electron chi connectivity index (χ3n) is 1.88. The number of carbonyl (C=O) groups is 1. The van der Waals surface area contributed by atoms with Crippen LogP contribution >= 0.6 is 0 Å². The Balaban J connectivity index is 3.28. The number of Topliss-reactive ketones (excluding diaryl/α,β-unsaturated/α-hetero) is 1. The minimum Gasteiger partial charge on any atom is -0.431 e. The molecule has 2 nitrogen and oxygen atoms in total. The number of carbonyl (C=O) groups excluding carboxylic acids is 1. The Morgan fingerprint density at radius 3 is 2.47 bits per heavy atom. The van der Waals surface area contributed by atoms with Gasteiger partial charge in [-0.2, -0.15) is 8.78 Å². The lowest BCUT2D eigenvalue weighted by Gasteiger charge is -2.10. The fraction of sp³-hybridized carbons (Fsp3) is 0.300. The van der Waals surface area contributed by atoms with Gasteiger partial charge >= 0.3 is 6.61 Å². The van der Waals surface area contributed by atoms with Crippen LogP contribution in [-0.4, -0.2) is 12.4 Å². The molecule has 0 aliphatic rings. The molecule has 0 spiro atoms. The SMILES string of the molecule is CC(=O)c1ccc(C)c(F)c1OC(F)F. The summed E-state index contributed by atoms with van der Waals surface area (Å²) in [6, 6.07) is 2.60. The smallest absolute Gasteiger partial charge is 0.387 e. The largest absolute Gasteiger partial charge is 0.431 e. The van der Waals surface area contributed by atoms with Crippen LogP contribution in [0.1, 0.15) is 22.8 Å². The molecule has 0 aromatic heterocycles. The van der Waals surface area contributed by atoms with Gasteiger partial charge in [0.2, 0.25) is 0 Å². The zero-order valence-electron chi connectivity index (χ0n) is 8.18. The first kappa shape index (κ1) is 11.6. The van der Waals surface area contributed by atoms with Crippen molar-refractivity contribution < 1.29 is 22.7 Å². The molecular formula is C10H9F3O2. The molecule has 1 aromatic carbocycles. The van der Waals surface area contributed by atoms with Crippen LogP contribution in [0.25, 0.3) is 0 Å². The Kier molecular flexibility index (Phi) is 3.34. The van der Waals surface area contributed by atoms with Gasteiger partial charge in [0.15, 0.2) is 17.3 Å². The number of ether oxygens (including phenoxy) is 1. The van der Waals surface area contributed by atoms with Crippen LogP contribution < -0.4 is 4.74 Å². The first-order valence-electron chi connectivity index (χ1n) is 4.18. The van der Waals surface area contributed by atoms with Gasteiger partial charge in [0.25, 0.3) is 0 Å². The van der Waals surface area contributed by atoms with Crippen molar-refractivity contribution in [2.75, 3.05) is 0 Å². The molecule has 0 aliphatic heterocycles. The van der Waals surface area contributed by atoms with Crippen molar-refractivity contribution in [3.63, 3.8) is 0 Å². The second-order valence-corrected chi connectivity index (χ2v) is 3.01. The lowest BCUT2D eigenvalue weighted by atomic mass is 10.1. The maximum Gasteiger partial charge on any atom is 0.387 e. The van der Waals surface area contributed by atoms with Crippen LogP contribution in [-0.2, 0) is 0 Å². The Morgan fingerprint density at radius 2 is 2.00 bits per heavy atom. The van der Waals surface area contributed by atoms with Gasteiger partial charge in [-0.25, -0.2) is 4.39 Å². The maximum absolute atomic E-state index is 13.4. The third-order valence-corrected chi connectivity index (χ3v) is 1.88. The van der Waals surface area contributed by atoms with E-state index in [-0.39, 0.29) is 11.1 Å². The first-order valence-corrected chi connectivity index (χ1v) is 4.18. The summed E-state index contributed by atoms with van der Waals surface area (Å²) in [4.78, 5) is 11.0. The highest BCUT2D eigenvalue weighted by atomic mass is 19.3. The summed E-state index contributed by atoms with van der Waals surface area (Å²) < 4.78 is 41.3. The normalized spacial score (nSPS) is 10.5. The highest BCUT2D eigenvalue weighted by Crippen LogP contribution is 2.27. The van der Waals surface area contributed by atoms with E-state index in [1.165, 1.54) is 19.1 Å². The standard InChI is InChI=1S/C10H9F3O2/c1-5-3-4-7(6(2)14)9(8(5)11)15-10(12)13/h3-4,10H,1-2H3. The zero-order chi connectivity index (χ0) is 11.6. The predicted octanol–water partition coefficient (Wildman–Crippen LogP) is 2.94. The number of aryl methyl sites for hydroxylation is 1. The van der Waals surface area contributed by atoms with E-state index in [1.807, 2.05) is 0 Å². The van der Waals surface area contributed by atoms with E-state index < -0.39 is 24.0 Å². The van der Waals surface area contributed by atoms with Crippen LogP contribution in [0.5, 0.6) is 5.75 Å². The number of benzene rings is 1. The molecular weight excluding hydrogens is 209 g/mol. The van der Waals surface area contributed by atoms with Crippen molar-refractivity contribution in [2.45, 2.75) is 20.5 Å². The second-order valence-electron chi connectivity index (χ2n) is 3.01. The molecule has 0 saturated heterocycles. The predicted molar refractivity (Wildman–Crippen MR) is 47.8 cm³/mol. The minimum absolute atomic E-state index is 0.149. The van der Waals surface area contributed by atoms with Crippen LogP contribution in [0.3, 0.4) is 0 Å². The molecule has 0 radical (unpaired) electrons. The number of halogens is 3. The lowest BCUT2D eigenvalue weighted by molar-refractivity contribution is -0.0525. The van der Waals surface area contributed by atoms with E-state index >= 15 is 0 Å². The molecule has 1 rings (SSSR count). The first-order chi connectivity index (χ1) is 6.93. The molecule has 0 amide bonds. The van der Waals surface area contributed by atoms with Crippen molar-refractivity contribution >= 4 is 5.78 Å². The molecule has 0 unspecified atom stereocenters. The fourth-order valence-corrected chi connectivity index (χ4v) is 1.14. The summed E-state index contributed by atoms with van der Waals surface area (Å²) in [5, 5.41) is 0. The number of alkyl halides is 2. The lowest BCUT2D eigenvalue weighted by Crippen LogP contribution is -2.09. The maximum atomic E-state index is 13.4. The Bertz CT molecular complexity index is 388. The van der Waals surface area contributed by atoms with Crippen molar-refractivity contribution in [1.29, 1.82) is 0 Å². The summed E-state index contributed by atoms with van der Waals surface area (Å²) >= 11 is 0. The number of rotatable bonds is 3. The molecule has 0 fully saturated rings. The van der Waals surface area contributed by atoms with E-state index in [4.69, 9.17) is 0 Å². The van der Waals surface area contributed by atoms with E-state index in [0.717, 1.165) is 6.92 Å². The zero-order valence-corrected chi connectivity index (χ0v) is 8.18. The number of hydrogen-bond donors (Lipinski definition) is 0. The van der Waals surface area contributed by atoms with Gasteiger partial charge in [-0.1, -0.05) is 6.07 Å². The third kappa shape index (κ3) is 2.49. The van der Waals surface area contributed by atoms with Gasteiger partial charge in [-0.05, 0) is 25.5 Å².